The standard InChI is InChI=1S/C22H33N3O3/c1-16-9-11-22(12-10-16)25(21(27)18-8-6-5-7-17(18)2)19(15-28-22)20(26)23-13-14-24(3)4/h5-8,16,19H,9-15H2,1-4H3,(H,23,26)/p+1/t16?,19-,22?/m1/s1. The van der Waals surface area contributed by atoms with E-state index in [9.17, 15) is 9.59 Å². The van der Waals surface area contributed by atoms with Crippen LogP contribution in [0.15, 0.2) is 24.3 Å². The summed E-state index contributed by atoms with van der Waals surface area (Å²) in [6.07, 6.45) is 3.60. The van der Waals surface area contributed by atoms with E-state index in [1.54, 1.807) is 4.90 Å². The van der Waals surface area contributed by atoms with Gasteiger partial charge < -0.3 is 15.0 Å². The Morgan fingerprint density at radius 2 is 1.93 bits per heavy atom. The summed E-state index contributed by atoms with van der Waals surface area (Å²) in [5.41, 5.74) is 0.927. The Bertz CT molecular complexity index is 711. The van der Waals surface area contributed by atoms with Crippen molar-refractivity contribution >= 4 is 11.8 Å². The Kier molecular flexibility index (Phi) is 6.40. The minimum Gasteiger partial charge on any atom is -0.353 e. The van der Waals surface area contributed by atoms with Gasteiger partial charge in [-0.2, -0.15) is 0 Å². The van der Waals surface area contributed by atoms with Crippen LogP contribution in [-0.2, 0) is 9.53 Å². The van der Waals surface area contributed by atoms with Gasteiger partial charge in [0, 0.05) is 5.56 Å². The van der Waals surface area contributed by atoms with Crippen LogP contribution in [0, 0.1) is 12.8 Å². The molecule has 1 heterocycles. The average Bonchev–Trinajstić information content (AvgIpc) is 3.03. The number of benzene rings is 1. The number of likely N-dealkylation sites (N-methyl/N-ethyl adjacent to an activating group) is 1. The van der Waals surface area contributed by atoms with Crippen LogP contribution < -0.4 is 10.2 Å². The van der Waals surface area contributed by atoms with Crippen molar-refractivity contribution in [3.8, 4) is 0 Å². The molecule has 2 aliphatic rings. The van der Waals surface area contributed by atoms with Crippen LogP contribution in [0.5, 0.6) is 0 Å². The fourth-order valence-corrected chi connectivity index (χ4v) is 4.28. The van der Waals surface area contributed by atoms with Gasteiger partial charge in [0.15, 0.2) is 0 Å². The van der Waals surface area contributed by atoms with Crippen molar-refractivity contribution in [3.63, 3.8) is 0 Å². The summed E-state index contributed by atoms with van der Waals surface area (Å²) in [4.78, 5) is 29.6. The highest BCUT2D eigenvalue weighted by atomic mass is 16.5. The Hall–Kier alpha value is -1.92. The number of nitrogens with zero attached hydrogens (tertiary/aromatic N) is 1. The molecule has 2 fully saturated rings. The zero-order valence-electron chi connectivity index (χ0n) is 17.6. The predicted octanol–water partition coefficient (Wildman–Crippen LogP) is 1.00. The SMILES string of the molecule is Cc1ccccc1C(=O)N1[C@@H](C(=O)NCC[NH+](C)C)COC12CCC(C)CC2. The monoisotopic (exact) mass is 388 g/mol. The van der Waals surface area contributed by atoms with Crippen molar-refractivity contribution in [1.82, 2.24) is 10.2 Å². The number of aryl methyl sites for hydroxylation is 1. The second-order valence-electron chi connectivity index (χ2n) is 8.69. The summed E-state index contributed by atoms with van der Waals surface area (Å²) in [5, 5.41) is 3.00. The number of nitrogens with one attached hydrogen (secondary N) is 2. The van der Waals surface area contributed by atoms with Crippen LogP contribution >= 0.6 is 0 Å². The zero-order valence-corrected chi connectivity index (χ0v) is 17.6. The molecule has 0 aromatic heterocycles. The van der Waals surface area contributed by atoms with Crippen molar-refractivity contribution in [3.05, 3.63) is 35.4 Å². The van der Waals surface area contributed by atoms with E-state index in [0.717, 1.165) is 37.8 Å². The summed E-state index contributed by atoms with van der Waals surface area (Å²) in [6.45, 7) is 5.88. The summed E-state index contributed by atoms with van der Waals surface area (Å²) in [7, 11) is 4.11. The van der Waals surface area contributed by atoms with Gasteiger partial charge >= 0.3 is 0 Å². The molecule has 1 aromatic rings. The Morgan fingerprint density at radius 1 is 1.25 bits per heavy atom. The first kappa shape index (κ1) is 20.8. The van der Waals surface area contributed by atoms with Crippen LogP contribution in [0.4, 0.5) is 0 Å². The topological polar surface area (TPSA) is 63.1 Å². The van der Waals surface area contributed by atoms with Gasteiger partial charge in [-0.15, -0.1) is 0 Å². The smallest absolute Gasteiger partial charge is 0.257 e. The van der Waals surface area contributed by atoms with Gasteiger partial charge in [0.1, 0.15) is 11.8 Å². The minimum absolute atomic E-state index is 0.0939. The molecule has 1 spiro atoms. The van der Waals surface area contributed by atoms with Gasteiger partial charge in [-0.3, -0.25) is 14.5 Å². The third-order valence-electron chi connectivity index (χ3n) is 6.14. The maximum atomic E-state index is 13.6. The molecule has 1 saturated heterocycles. The molecule has 1 aliphatic heterocycles. The van der Waals surface area contributed by atoms with Crippen LogP contribution in [0.25, 0.3) is 0 Å². The van der Waals surface area contributed by atoms with Gasteiger partial charge in [-0.25, -0.2) is 0 Å². The molecule has 0 bridgehead atoms. The zero-order chi connectivity index (χ0) is 20.3. The Labute approximate surface area is 168 Å². The molecule has 1 atom stereocenters. The molecule has 0 unspecified atom stereocenters. The first-order valence-corrected chi connectivity index (χ1v) is 10.4. The lowest BCUT2D eigenvalue weighted by atomic mass is 9.83. The van der Waals surface area contributed by atoms with Gasteiger partial charge in [-0.05, 0) is 50.2 Å². The molecule has 1 aliphatic carbocycles. The number of ether oxygens (including phenoxy) is 1. The molecule has 6 heteroatoms. The number of hydrogen-bond acceptors (Lipinski definition) is 3. The third-order valence-corrected chi connectivity index (χ3v) is 6.14. The molecule has 154 valence electrons. The van der Waals surface area contributed by atoms with Crippen molar-refractivity contribution in [1.29, 1.82) is 0 Å². The number of carbonyl (C=O) groups excluding carboxylic acids is 2. The van der Waals surface area contributed by atoms with Gasteiger partial charge in [-0.1, -0.05) is 25.1 Å². The maximum Gasteiger partial charge on any atom is 0.257 e. The van der Waals surface area contributed by atoms with E-state index >= 15 is 0 Å². The van der Waals surface area contributed by atoms with E-state index in [2.05, 4.69) is 26.3 Å². The number of rotatable bonds is 5. The van der Waals surface area contributed by atoms with Crippen LogP contribution in [0.2, 0.25) is 0 Å². The average molecular weight is 389 g/mol. The molecular weight excluding hydrogens is 354 g/mol. The lowest BCUT2D eigenvalue weighted by Crippen LogP contribution is -3.06. The lowest BCUT2D eigenvalue weighted by Gasteiger charge is -2.43. The van der Waals surface area contributed by atoms with Gasteiger partial charge in [0.05, 0.1) is 33.8 Å². The number of quaternary nitrogens is 1. The molecule has 1 saturated carbocycles. The fraction of sp³-hybridized carbons (Fsp3) is 0.636. The predicted molar refractivity (Wildman–Crippen MR) is 108 cm³/mol. The van der Waals surface area contributed by atoms with Crippen molar-refractivity contribution in [2.45, 2.75) is 51.3 Å². The van der Waals surface area contributed by atoms with Crippen molar-refractivity contribution < 1.29 is 19.2 Å². The maximum absolute atomic E-state index is 13.6. The second-order valence-corrected chi connectivity index (χ2v) is 8.69. The molecule has 2 amide bonds. The molecule has 28 heavy (non-hydrogen) atoms. The quantitative estimate of drug-likeness (QED) is 0.791. The fourth-order valence-electron chi connectivity index (χ4n) is 4.28. The lowest BCUT2D eigenvalue weighted by molar-refractivity contribution is -0.856. The van der Waals surface area contributed by atoms with Gasteiger partial charge in [0.2, 0.25) is 5.91 Å². The number of carbonyl (C=O) groups is 2. The van der Waals surface area contributed by atoms with E-state index in [1.807, 2.05) is 31.2 Å². The van der Waals surface area contributed by atoms with Crippen molar-refractivity contribution in [2.24, 2.45) is 5.92 Å². The summed E-state index contributed by atoms with van der Waals surface area (Å²) in [5.74, 6) is 0.419. The van der Waals surface area contributed by atoms with E-state index in [1.165, 1.54) is 4.90 Å². The molecule has 1 aromatic carbocycles. The second kappa shape index (κ2) is 8.62. The van der Waals surface area contributed by atoms with E-state index in [4.69, 9.17) is 4.74 Å². The van der Waals surface area contributed by atoms with Crippen LogP contribution in [-0.4, -0.2) is 62.3 Å². The number of amides is 2. The Morgan fingerprint density at radius 3 is 2.57 bits per heavy atom. The van der Waals surface area contributed by atoms with Crippen LogP contribution in [0.1, 0.15) is 48.5 Å². The minimum atomic E-state index is -0.652. The summed E-state index contributed by atoms with van der Waals surface area (Å²) < 4.78 is 6.23. The molecule has 2 N–H and O–H groups in total. The number of hydrogen-bond donors (Lipinski definition) is 2. The van der Waals surface area contributed by atoms with E-state index < -0.39 is 11.8 Å². The normalized spacial score (nSPS) is 27.4. The summed E-state index contributed by atoms with van der Waals surface area (Å²) in [6, 6.07) is 7.02. The highest BCUT2D eigenvalue weighted by molar-refractivity contribution is 5.99. The highest BCUT2D eigenvalue weighted by Crippen LogP contribution is 2.43. The van der Waals surface area contributed by atoms with Crippen LogP contribution in [0.3, 0.4) is 0 Å². The van der Waals surface area contributed by atoms with E-state index in [0.29, 0.717) is 18.0 Å². The Balaban J connectivity index is 1.86. The molecule has 3 rings (SSSR count). The first-order chi connectivity index (χ1) is 13.3. The molecule has 0 radical (unpaired) electrons. The first-order valence-electron chi connectivity index (χ1n) is 10.4. The molecular formula is C22H34N3O3+. The van der Waals surface area contributed by atoms with Crippen molar-refractivity contribution in [2.75, 3.05) is 33.8 Å². The molecule has 6 nitrogen and oxygen atoms in total. The largest absolute Gasteiger partial charge is 0.353 e. The van der Waals surface area contributed by atoms with Gasteiger partial charge in [0.25, 0.3) is 5.91 Å². The highest BCUT2D eigenvalue weighted by Gasteiger charge is 2.53. The van der Waals surface area contributed by atoms with E-state index in [-0.39, 0.29) is 18.4 Å². The third kappa shape index (κ3) is 4.23. The summed E-state index contributed by atoms with van der Waals surface area (Å²) >= 11 is 0.